The van der Waals surface area contributed by atoms with E-state index in [-0.39, 0.29) is 35.6 Å². The van der Waals surface area contributed by atoms with Crippen molar-refractivity contribution in [3.63, 3.8) is 0 Å². The molecule has 0 radical (unpaired) electrons. The molecule has 2 aromatic carbocycles. The second-order valence-electron chi connectivity index (χ2n) is 6.20. The Bertz CT molecular complexity index is 911. The van der Waals surface area contributed by atoms with Gasteiger partial charge in [-0.05, 0) is 48.4 Å². The Morgan fingerprint density at radius 1 is 0.931 bits per heavy atom. The number of aromatic nitrogens is 1. The van der Waals surface area contributed by atoms with Gasteiger partial charge >= 0.3 is 0 Å². The molecule has 0 aliphatic heterocycles. The van der Waals surface area contributed by atoms with Gasteiger partial charge in [0, 0.05) is 32.1 Å². The molecule has 0 saturated carbocycles. The first kappa shape index (κ1) is 22.8. The van der Waals surface area contributed by atoms with Gasteiger partial charge in [-0.3, -0.25) is 4.99 Å². The van der Waals surface area contributed by atoms with E-state index in [9.17, 15) is 8.78 Å². The van der Waals surface area contributed by atoms with E-state index in [1.807, 2.05) is 0 Å². The Kier molecular flexibility index (Phi) is 9.04. The van der Waals surface area contributed by atoms with Crippen molar-refractivity contribution >= 4 is 29.9 Å². The third-order valence-electron chi connectivity index (χ3n) is 4.16. The van der Waals surface area contributed by atoms with Gasteiger partial charge in [0.1, 0.15) is 17.9 Å². The van der Waals surface area contributed by atoms with Crippen molar-refractivity contribution in [2.45, 2.75) is 12.8 Å². The highest BCUT2D eigenvalue weighted by atomic mass is 127. The van der Waals surface area contributed by atoms with E-state index in [2.05, 4.69) is 20.6 Å². The lowest BCUT2D eigenvalue weighted by molar-refractivity contribution is 0.571. The number of hydrogen-bond donors (Lipinski definition) is 2. The molecule has 0 aliphatic rings. The lowest BCUT2D eigenvalue weighted by atomic mass is 10.1. The topological polar surface area (TPSA) is 62.5 Å². The molecule has 0 atom stereocenters. The van der Waals surface area contributed by atoms with Gasteiger partial charge in [-0.1, -0.05) is 12.1 Å². The van der Waals surface area contributed by atoms with Gasteiger partial charge in [-0.2, -0.15) is 0 Å². The molecular formula is C21H23F2IN4O. The summed E-state index contributed by atoms with van der Waals surface area (Å²) >= 11 is 0. The average molecular weight is 512 g/mol. The van der Waals surface area contributed by atoms with E-state index >= 15 is 0 Å². The maximum atomic E-state index is 13.0. The van der Waals surface area contributed by atoms with Crippen LogP contribution < -0.4 is 10.6 Å². The van der Waals surface area contributed by atoms with Gasteiger partial charge in [0.05, 0.1) is 5.69 Å². The summed E-state index contributed by atoms with van der Waals surface area (Å²) in [6, 6.07) is 12.5. The van der Waals surface area contributed by atoms with E-state index in [0.29, 0.717) is 31.4 Å². The Labute approximate surface area is 185 Å². The minimum atomic E-state index is -0.293. The molecule has 2 N–H and O–H groups in total. The second kappa shape index (κ2) is 11.5. The summed E-state index contributed by atoms with van der Waals surface area (Å²) in [6.07, 6.45) is 3.03. The van der Waals surface area contributed by atoms with Crippen molar-refractivity contribution < 1.29 is 13.2 Å². The molecule has 29 heavy (non-hydrogen) atoms. The summed E-state index contributed by atoms with van der Waals surface area (Å²) in [5.41, 5.74) is 2.59. The predicted octanol–water partition coefficient (Wildman–Crippen LogP) is 4.19. The van der Waals surface area contributed by atoms with Crippen molar-refractivity contribution in [3.05, 3.63) is 77.7 Å². The van der Waals surface area contributed by atoms with Crippen LogP contribution in [0.5, 0.6) is 0 Å². The van der Waals surface area contributed by atoms with Crippen molar-refractivity contribution in [1.29, 1.82) is 0 Å². The zero-order valence-corrected chi connectivity index (χ0v) is 18.3. The number of benzene rings is 2. The van der Waals surface area contributed by atoms with E-state index < -0.39 is 0 Å². The molecule has 0 amide bonds. The van der Waals surface area contributed by atoms with Crippen molar-refractivity contribution in [2.24, 2.45) is 4.99 Å². The van der Waals surface area contributed by atoms with Crippen LogP contribution in [0.25, 0.3) is 11.5 Å². The molecule has 5 nitrogen and oxygen atoms in total. The Morgan fingerprint density at radius 2 is 1.52 bits per heavy atom. The summed E-state index contributed by atoms with van der Waals surface area (Å²) < 4.78 is 31.4. The predicted molar refractivity (Wildman–Crippen MR) is 120 cm³/mol. The zero-order chi connectivity index (χ0) is 19.8. The van der Waals surface area contributed by atoms with E-state index in [1.165, 1.54) is 24.3 Å². The number of nitrogens with zero attached hydrogens (tertiary/aromatic N) is 2. The zero-order valence-electron chi connectivity index (χ0n) is 16.0. The summed E-state index contributed by atoms with van der Waals surface area (Å²) in [5.74, 6) is 0.629. The third-order valence-corrected chi connectivity index (χ3v) is 4.16. The maximum Gasteiger partial charge on any atom is 0.226 e. The van der Waals surface area contributed by atoms with E-state index in [4.69, 9.17) is 4.42 Å². The second-order valence-corrected chi connectivity index (χ2v) is 6.20. The molecular weight excluding hydrogens is 489 g/mol. The van der Waals surface area contributed by atoms with Gasteiger partial charge in [0.2, 0.25) is 5.89 Å². The highest BCUT2D eigenvalue weighted by Crippen LogP contribution is 2.18. The summed E-state index contributed by atoms with van der Waals surface area (Å²) in [5, 5.41) is 6.44. The molecule has 3 rings (SSSR count). The molecule has 3 aromatic rings. The monoisotopic (exact) mass is 512 g/mol. The van der Waals surface area contributed by atoms with Crippen LogP contribution in [0.2, 0.25) is 0 Å². The average Bonchev–Trinajstić information content (AvgIpc) is 3.17. The normalized spacial score (nSPS) is 11.1. The number of nitrogens with one attached hydrogen (secondary N) is 2. The molecule has 0 saturated heterocycles. The Balaban J connectivity index is 0.00000300. The van der Waals surface area contributed by atoms with Crippen LogP contribution in [0.4, 0.5) is 8.78 Å². The number of hydrogen-bond acceptors (Lipinski definition) is 3. The smallest absolute Gasteiger partial charge is 0.226 e. The van der Waals surface area contributed by atoms with Gasteiger partial charge in [-0.25, -0.2) is 13.8 Å². The molecule has 0 aliphatic carbocycles. The minimum absolute atomic E-state index is 0. The molecule has 0 spiro atoms. The molecule has 1 heterocycles. The van der Waals surface area contributed by atoms with Crippen LogP contribution in [-0.4, -0.2) is 31.1 Å². The van der Waals surface area contributed by atoms with E-state index in [0.717, 1.165) is 23.2 Å². The van der Waals surface area contributed by atoms with Gasteiger partial charge in [0.15, 0.2) is 5.96 Å². The molecule has 8 heteroatoms. The van der Waals surface area contributed by atoms with Gasteiger partial charge < -0.3 is 15.1 Å². The fraction of sp³-hybridized carbons (Fsp3) is 0.238. The Morgan fingerprint density at radius 3 is 2.14 bits per heavy atom. The first-order chi connectivity index (χ1) is 13.6. The fourth-order valence-electron chi connectivity index (χ4n) is 2.65. The SMILES string of the molecule is CN=C(NCCc1ccc(F)cc1)NCCc1coc(-c2ccc(F)cc2)n1.I. The number of oxazole rings is 1. The number of halogens is 3. The standard InChI is InChI=1S/C21H22F2N4O.HI/c1-24-21(25-12-10-15-2-6-17(22)7-3-15)26-13-11-19-14-28-20(27-19)16-4-8-18(23)9-5-16;/h2-9,14H,10-13H2,1H3,(H2,24,25,26);1H. The van der Waals surface area contributed by atoms with Crippen LogP contribution in [0.1, 0.15) is 11.3 Å². The number of aliphatic imine (C=N–C) groups is 1. The van der Waals surface area contributed by atoms with Gasteiger partial charge in [0.25, 0.3) is 0 Å². The van der Waals surface area contributed by atoms with Crippen LogP contribution in [0.15, 0.2) is 64.2 Å². The molecule has 154 valence electrons. The van der Waals surface area contributed by atoms with Crippen LogP contribution in [-0.2, 0) is 12.8 Å². The van der Waals surface area contributed by atoms with Crippen molar-refractivity contribution in [3.8, 4) is 11.5 Å². The van der Waals surface area contributed by atoms with E-state index in [1.54, 1.807) is 37.6 Å². The lowest BCUT2D eigenvalue weighted by Crippen LogP contribution is -2.39. The summed E-state index contributed by atoms with van der Waals surface area (Å²) in [6.45, 7) is 1.32. The lowest BCUT2D eigenvalue weighted by Gasteiger charge is -2.11. The maximum absolute atomic E-state index is 13.0. The fourth-order valence-corrected chi connectivity index (χ4v) is 2.65. The van der Waals surface area contributed by atoms with Crippen molar-refractivity contribution in [1.82, 2.24) is 15.6 Å². The van der Waals surface area contributed by atoms with Crippen LogP contribution in [0, 0.1) is 11.6 Å². The van der Waals surface area contributed by atoms with Crippen LogP contribution >= 0.6 is 24.0 Å². The quantitative estimate of drug-likeness (QED) is 0.283. The third kappa shape index (κ3) is 7.12. The number of guanidine groups is 1. The summed E-state index contributed by atoms with van der Waals surface area (Å²) in [7, 11) is 1.70. The van der Waals surface area contributed by atoms with Gasteiger partial charge in [-0.15, -0.1) is 24.0 Å². The molecule has 1 aromatic heterocycles. The van der Waals surface area contributed by atoms with Crippen molar-refractivity contribution in [2.75, 3.05) is 20.1 Å². The minimum Gasteiger partial charge on any atom is -0.444 e. The largest absolute Gasteiger partial charge is 0.444 e. The first-order valence-electron chi connectivity index (χ1n) is 9.03. The molecule has 0 fully saturated rings. The highest BCUT2D eigenvalue weighted by molar-refractivity contribution is 14.0. The summed E-state index contributed by atoms with van der Waals surface area (Å²) in [4.78, 5) is 8.60. The highest BCUT2D eigenvalue weighted by Gasteiger charge is 2.07. The Hall–Kier alpha value is -2.49. The first-order valence-corrected chi connectivity index (χ1v) is 9.03. The number of rotatable bonds is 7. The molecule has 0 unspecified atom stereocenters. The van der Waals surface area contributed by atoms with Crippen LogP contribution in [0.3, 0.4) is 0 Å². The molecule has 0 bridgehead atoms.